The van der Waals surface area contributed by atoms with Gasteiger partial charge in [-0.05, 0) is 24.1 Å². The first-order chi connectivity index (χ1) is 9.72. The van der Waals surface area contributed by atoms with Gasteiger partial charge in [0.25, 0.3) is 0 Å². The number of rotatable bonds is 2. The van der Waals surface area contributed by atoms with Crippen LogP contribution in [0.15, 0.2) is 60.7 Å². The van der Waals surface area contributed by atoms with Crippen molar-refractivity contribution in [2.45, 2.75) is 6.92 Å². The normalized spacial score (nSPS) is 10.4. The van der Waals surface area contributed by atoms with Crippen LogP contribution in [0.3, 0.4) is 0 Å². The van der Waals surface area contributed by atoms with Crippen LogP contribution >= 0.6 is 0 Å². The smallest absolute Gasteiger partial charge is 0.220 e. The standard InChI is InChI=1S/C17H15N3/c1-12-11-16(20-17(18)19-12)15-9-7-14(8-10-15)13-5-3-2-4-6-13/h2-11H,1H3,(H2,18,19,20). The zero-order chi connectivity index (χ0) is 13.9. The van der Waals surface area contributed by atoms with Gasteiger partial charge in [-0.15, -0.1) is 0 Å². The Morgan fingerprint density at radius 1 is 0.750 bits per heavy atom. The maximum Gasteiger partial charge on any atom is 0.220 e. The zero-order valence-electron chi connectivity index (χ0n) is 11.2. The zero-order valence-corrected chi connectivity index (χ0v) is 11.2. The molecular weight excluding hydrogens is 246 g/mol. The number of nitrogen functional groups attached to an aromatic ring is 1. The molecule has 3 nitrogen and oxygen atoms in total. The first-order valence-corrected chi connectivity index (χ1v) is 6.49. The van der Waals surface area contributed by atoms with Crippen molar-refractivity contribution >= 4 is 5.95 Å². The lowest BCUT2D eigenvalue weighted by Crippen LogP contribution is -1.98. The predicted molar refractivity (Wildman–Crippen MR) is 82.1 cm³/mol. The summed E-state index contributed by atoms with van der Waals surface area (Å²) in [5.74, 6) is 0.312. The van der Waals surface area contributed by atoms with E-state index in [1.54, 1.807) is 0 Å². The second-order valence-corrected chi connectivity index (χ2v) is 4.70. The molecule has 0 atom stereocenters. The van der Waals surface area contributed by atoms with Crippen LogP contribution in [0.2, 0.25) is 0 Å². The topological polar surface area (TPSA) is 51.8 Å². The van der Waals surface area contributed by atoms with E-state index in [1.807, 2.05) is 31.2 Å². The van der Waals surface area contributed by atoms with Gasteiger partial charge < -0.3 is 5.73 Å². The van der Waals surface area contributed by atoms with Crippen molar-refractivity contribution in [3.05, 3.63) is 66.4 Å². The second-order valence-electron chi connectivity index (χ2n) is 4.70. The molecule has 1 heterocycles. The lowest BCUT2D eigenvalue weighted by Gasteiger charge is -2.05. The van der Waals surface area contributed by atoms with Gasteiger partial charge >= 0.3 is 0 Å². The summed E-state index contributed by atoms with van der Waals surface area (Å²) in [6.45, 7) is 1.92. The van der Waals surface area contributed by atoms with Crippen molar-refractivity contribution in [1.82, 2.24) is 9.97 Å². The van der Waals surface area contributed by atoms with Gasteiger partial charge in [-0.2, -0.15) is 0 Å². The van der Waals surface area contributed by atoms with Gasteiger partial charge in [0.1, 0.15) is 0 Å². The lowest BCUT2D eigenvalue weighted by molar-refractivity contribution is 1.12. The van der Waals surface area contributed by atoms with E-state index in [0.29, 0.717) is 5.95 Å². The Bertz CT molecular complexity index is 699. The summed E-state index contributed by atoms with van der Waals surface area (Å²) in [7, 11) is 0. The van der Waals surface area contributed by atoms with Gasteiger partial charge in [-0.25, -0.2) is 9.97 Å². The third-order valence-electron chi connectivity index (χ3n) is 3.16. The van der Waals surface area contributed by atoms with Crippen molar-refractivity contribution in [3.63, 3.8) is 0 Å². The fourth-order valence-electron chi connectivity index (χ4n) is 2.20. The number of hydrogen-bond acceptors (Lipinski definition) is 3. The average molecular weight is 261 g/mol. The molecule has 3 rings (SSSR count). The first-order valence-electron chi connectivity index (χ1n) is 6.49. The van der Waals surface area contributed by atoms with E-state index in [0.717, 1.165) is 17.0 Å². The molecule has 0 aliphatic rings. The SMILES string of the molecule is Cc1cc(-c2ccc(-c3ccccc3)cc2)nc(N)n1. The van der Waals surface area contributed by atoms with Crippen LogP contribution in [-0.2, 0) is 0 Å². The lowest BCUT2D eigenvalue weighted by atomic mass is 10.0. The predicted octanol–water partition coefficient (Wildman–Crippen LogP) is 3.70. The summed E-state index contributed by atoms with van der Waals surface area (Å²) in [6, 6.07) is 20.5. The van der Waals surface area contributed by atoms with Gasteiger partial charge in [0.05, 0.1) is 5.69 Å². The van der Waals surface area contributed by atoms with Gasteiger partial charge in [0, 0.05) is 11.3 Å². The van der Waals surface area contributed by atoms with Crippen LogP contribution in [0.1, 0.15) is 5.69 Å². The minimum atomic E-state index is 0.312. The van der Waals surface area contributed by atoms with Crippen LogP contribution in [0.25, 0.3) is 22.4 Å². The van der Waals surface area contributed by atoms with Crippen LogP contribution in [0, 0.1) is 6.92 Å². The molecule has 1 aromatic heterocycles. The van der Waals surface area contributed by atoms with Crippen LogP contribution in [0.5, 0.6) is 0 Å². The van der Waals surface area contributed by atoms with E-state index < -0.39 is 0 Å². The highest BCUT2D eigenvalue weighted by molar-refractivity contribution is 5.69. The molecule has 0 saturated heterocycles. The Morgan fingerprint density at radius 2 is 1.35 bits per heavy atom. The Morgan fingerprint density at radius 3 is 2.00 bits per heavy atom. The maximum absolute atomic E-state index is 5.70. The quantitative estimate of drug-likeness (QED) is 0.765. The Balaban J connectivity index is 1.97. The Hall–Kier alpha value is -2.68. The van der Waals surface area contributed by atoms with Crippen LogP contribution in [-0.4, -0.2) is 9.97 Å². The molecule has 3 aromatic rings. The molecular formula is C17H15N3. The monoisotopic (exact) mass is 261 g/mol. The molecule has 0 radical (unpaired) electrons. The number of anilines is 1. The second kappa shape index (κ2) is 5.13. The van der Waals surface area contributed by atoms with Crippen molar-refractivity contribution in [3.8, 4) is 22.4 Å². The third kappa shape index (κ3) is 2.52. The molecule has 0 aliphatic heterocycles. The van der Waals surface area contributed by atoms with Crippen molar-refractivity contribution < 1.29 is 0 Å². The Labute approximate surface area is 118 Å². The summed E-state index contributed by atoms with van der Waals surface area (Å²) in [6.07, 6.45) is 0. The van der Waals surface area contributed by atoms with Crippen molar-refractivity contribution in [2.75, 3.05) is 5.73 Å². The number of benzene rings is 2. The fourth-order valence-corrected chi connectivity index (χ4v) is 2.20. The molecule has 0 amide bonds. The largest absolute Gasteiger partial charge is 0.368 e. The summed E-state index contributed by atoms with van der Waals surface area (Å²) in [5.41, 5.74) is 10.9. The van der Waals surface area contributed by atoms with Gasteiger partial charge in [-0.3, -0.25) is 0 Å². The summed E-state index contributed by atoms with van der Waals surface area (Å²) < 4.78 is 0. The van der Waals surface area contributed by atoms with Crippen molar-refractivity contribution in [1.29, 1.82) is 0 Å². The molecule has 2 N–H and O–H groups in total. The molecule has 0 fully saturated rings. The molecule has 20 heavy (non-hydrogen) atoms. The van der Waals surface area contributed by atoms with E-state index in [-0.39, 0.29) is 0 Å². The Kier molecular flexibility index (Phi) is 3.17. The minimum Gasteiger partial charge on any atom is -0.368 e. The number of aryl methyl sites for hydroxylation is 1. The van der Waals surface area contributed by atoms with E-state index in [1.165, 1.54) is 11.1 Å². The molecule has 0 saturated carbocycles. The van der Waals surface area contributed by atoms with Crippen molar-refractivity contribution in [2.24, 2.45) is 0 Å². The van der Waals surface area contributed by atoms with E-state index in [9.17, 15) is 0 Å². The molecule has 0 bridgehead atoms. The average Bonchev–Trinajstić information content (AvgIpc) is 2.47. The fraction of sp³-hybridized carbons (Fsp3) is 0.0588. The highest BCUT2D eigenvalue weighted by Gasteiger charge is 2.03. The first kappa shape index (κ1) is 12.4. The van der Waals surface area contributed by atoms with Gasteiger partial charge in [0.2, 0.25) is 5.95 Å². The highest BCUT2D eigenvalue weighted by atomic mass is 15.0. The van der Waals surface area contributed by atoms with Crippen LogP contribution < -0.4 is 5.73 Å². The van der Waals surface area contributed by atoms with Crippen LogP contribution in [0.4, 0.5) is 5.95 Å². The molecule has 0 spiro atoms. The van der Waals surface area contributed by atoms with Gasteiger partial charge in [0.15, 0.2) is 0 Å². The number of hydrogen-bond donors (Lipinski definition) is 1. The minimum absolute atomic E-state index is 0.312. The number of nitrogens with zero attached hydrogens (tertiary/aromatic N) is 2. The number of nitrogens with two attached hydrogens (primary N) is 1. The van der Waals surface area contributed by atoms with E-state index >= 15 is 0 Å². The van der Waals surface area contributed by atoms with E-state index in [2.05, 4.69) is 46.4 Å². The maximum atomic E-state index is 5.70. The summed E-state index contributed by atoms with van der Waals surface area (Å²) >= 11 is 0. The molecule has 3 heteroatoms. The van der Waals surface area contributed by atoms with E-state index in [4.69, 9.17) is 5.73 Å². The third-order valence-corrected chi connectivity index (χ3v) is 3.16. The molecule has 98 valence electrons. The highest BCUT2D eigenvalue weighted by Crippen LogP contribution is 2.24. The van der Waals surface area contributed by atoms with Gasteiger partial charge in [-0.1, -0.05) is 54.6 Å². The molecule has 0 aliphatic carbocycles. The summed E-state index contributed by atoms with van der Waals surface area (Å²) in [5, 5.41) is 0. The summed E-state index contributed by atoms with van der Waals surface area (Å²) in [4.78, 5) is 8.36. The molecule has 0 unspecified atom stereocenters. The number of aromatic nitrogens is 2. The molecule has 2 aromatic carbocycles.